The maximum atomic E-state index is 13.9. The highest BCUT2D eigenvalue weighted by Gasteiger charge is 2.59. The second-order valence-corrected chi connectivity index (χ2v) is 12.2. The van der Waals surface area contributed by atoms with Gasteiger partial charge in [-0.25, -0.2) is 0 Å². The van der Waals surface area contributed by atoms with E-state index in [2.05, 4.69) is 22.0 Å². The molecule has 0 aromatic heterocycles. The Morgan fingerprint density at radius 3 is 2.54 bits per heavy atom. The van der Waals surface area contributed by atoms with Gasteiger partial charge in [0.1, 0.15) is 24.2 Å². The highest BCUT2D eigenvalue weighted by Crippen LogP contribution is 2.54. The van der Waals surface area contributed by atoms with Gasteiger partial charge in [-0.05, 0) is 41.9 Å². The van der Waals surface area contributed by atoms with Gasteiger partial charge in [-0.1, -0.05) is 32.9 Å². The number of ether oxygens (including phenoxy) is 1. The molecule has 3 fully saturated rings. The molecule has 12 heteroatoms. The first-order chi connectivity index (χ1) is 18.2. The predicted molar refractivity (Wildman–Crippen MR) is 135 cm³/mol. The second kappa shape index (κ2) is 10.8. The van der Waals surface area contributed by atoms with Crippen molar-refractivity contribution in [3.8, 4) is 6.07 Å². The van der Waals surface area contributed by atoms with Crippen LogP contribution in [0.2, 0.25) is 0 Å². The number of hydrogen-bond donors (Lipinski definition) is 3. The molecule has 4 amide bonds. The molecule has 2 heterocycles. The molecule has 3 N–H and O–H groups in total. The zero-order chi connectivity index (χ0) is 28.7. The van der Waals surface area contributed by atoms with Gasteiger partial charge >= 0.3 is 5.92 Å². The first-order valence-corrected chi connectivity index (χ1v) is 13.5. The minimum Gasteiger partial charge on any atom is -0.368 e. The number of nitrogens with one attached hydrogen (secondary N) is 3. The topological polar surface area (TPSA) is 141 Å². The number of carbonyl (C=O) groups excluding carboxylic acids is 4. The van der Waals surface area contributed by atoms with Crippen LogP contribution in [0.1, 0.15) is 47.0 Å². The number of halogens is 2. The normalized spacial score (nSPS) is 31.5. The summed E-state index contributed by atoms with van der Waals surface area (Å²) < 4.78 is 33.1. The first kappa shape index (κ1) is 28.9. The van der Waals surface area contributed by atoms with E-state index in [-0.39, 0.29) is 42.5 Å². The van der Waals surface area contributed by atoms with E-state index in [4.69, 9.17) is 4.74 Å². The minimum atomic E-state index is -3.68. The molecule has 2 bridgehead atoms. The number of carbonyl (C=O) groups is 4. The van der Waals surface area contributed by atoms with Crippen LogP contribution in [0.4, 0.5) is 8.78 Å². The van der Waals surface area contributed by atoms with E-state index in [9.17, 15) is 33.2 Å². The molecule has 2 saturated heterocycles. The highest BCUT2D eigenvalue weighted by molar-refractivity contribution is 5.94. The van der Waals surface area contributed by atoms with E-state index >= 15 is 0 Å². The number of amides is 4. The van der Waals surface area contributed by atoms with Gasteiger partial charge in [-0.15, -0.1) is 0 Å². The summed E-state index contributed by atoms with van der Waals surface area (Å²) in [7, 11) is 0. The van der Waals surface area contributed by atoms with E-state index < -0.39 is 53.3 Å². The molecule has 4 aliphatic rings. The monoisotopic (exact) mass is 549 g/mol. The quantitative estimate of drug-likeness (QED) is 0.407. The van der Waals surface area contributed by atoms with Crippen molar-refractivity contribution in [2.24, 2.45) is 29.1 Å². The number of likely N-dealkylation sites (tertiary alicyclic amines) is 1. The van der Waals surface area contributed by atoms with Crippen molar-refractivity contribution >= 4 is 23.6 Å². The fourth-order valence-electron chi connectivity index (χ4n) is 6.34. The Bertz CT molecular complexity index is 1080. The van der Waals surface area contributed by atoms with Crippen LogP contribution in [-0.4, -0.2) is 78.4 Å². The lowest BCUT2D eigenvalue weighted by atomic mass is 9.81. The first-order valence-electron chi connectivity index (χ1n) is 13.5. The second-order valence-electron chi connectivity index (χ2n) is 12.2. The molecule has 10 nitrogen and oxygen atoms in total. The average Bonchev–Trinajstić information content (AvgIpc) is 3.52. The molecule has 0 spiro atoms. The molecule has 1 saturated carbocycles. The van der Waals surface area contributed by atoms with Gasteiger partial charge in [0, 0.05) is 33.0 Å². The molecule has 0 aromatic rings. The Balaban J connectivity index is 1.57. The summed E-state index contributed by atoms with van der Waals surface area (Å²) >= 11 is 0. The van der Waals surface area contributed by atoms with Gasteiger partial charge in [0.15, 0.2) is 0 Å². The lowest BCUT2D eigenvalue weighted by Gasteiger charge is -2.37. The molecule has 0 radical (unpaired) electrons. The number of nitrogens with zero attached hydrogens (tertiary/aromatic N) is 2. The van der Waals surface area contributed by atoms with Crippen LogP contribution >= 0.6 is 0 Å². The van der Waals surface area contributed by atoms with Crippen LogP contribution in [-0.2, 0) is 23.9 Å². The molecule has 8 atom stereocenters. The maximum absolute atomic E-state index is 13.9. The van der Waals surface area contributed by atoms with Crippen LogP contribution in [0.25, 0.3) is 0 Å². The van der Waals surface area contributed by atoms with E-state index in [0.29, 0.717) is 26.5 Å². The third-order valence-electron chi connectivity index (χ3n) is 8.29. The Morgan fingerprint density at radius 2 is 1.90 bits per heavy atom. The summed E-state index contributed by atoms with van der Waals surface area (Å²) in [6.45, 7) is 6.48. The molecule has 0 unspecified atom stereocenters. The number of nitriles is 1. The number of hydrogen-bond acceptors (Lipinski definition) is 6. The third-order valence-corrected chi connectivity index (χ3v) is 8.29. The lowest BCUT2D eigenvalue weighted by molar-refractivity contribution is -0.151. The van der Waals surface area contributed by atoms with Crippen molar-refractivity contribution in [1.82, 2.24) is 20.9 Å². The van der Waals surface area contributed by atoms with Gasteiger partial charge in [0.05, 0.1) is 6.07 Å². The van der Waals surface area contributed by atoms with Crippen LogP contribution in [0, 0.1) is 40.4 Å². The van der Waals surface area contributed by atoms with Crippen LogP contribution in [0.5, 0.6) is 0 Å². The fraction of sp³-hybridized carbons (Fsp3) is 0.741. The Labute approximate surface area is 226 Å². The highest BCUT2D eigenvalue weighted by atomic mass is 19.3. The van der Waals surface area contributed by atoms with Crippen molar-refractivity contribution in [3.05, 3.63) is 12.2 Å². The predicted octanol–water partition coefficient (Wildman–Crippen LogP) is 1.13. The summed E-state index contributed by atoms with van der Waals surface area (Å²) in [5, 5.41) is 17.4. The zero-order valence-electron chi connectivity index (χ0n) is 22.7. The lowest BCUT2D eigenvalue weighted by Crippen LogP contribution is -2.60. The largest absolute Gasteiger partial charge is 0.368 e. The van der Waals surface area contributed by atoms with Crippen LogP contribution in [0.15, 0.2) is 12.2 Å². The molecule has 214 valence electrons. The zero-order valence-corrected chi connectivity index (χ0v) is 22.7. The van der Waals surface area contributed by atoms with E-state index in [1.54, 1.807) is 20.8 Å². The van der Waals surface area contributed by atoms with E-state index in [1.165, 1.54) is 4.90 Å². The molecule has 2 aliphatic heterocycles. The van der Waals surface area contributed by atoms with Crippen LogP contribution in [0.3, 0.4) is 0 Å². The molecule has 39 heavy (non-hydrogen) atoms. The van der Waals surface area contributed by atoms with Crippen molar-refractivity contribution in [3.63, 3.8) is 0 Å². The van der Waals surface area contributed by atoms with Crippen molar-refractivity contribution < 1.29 is 32.7 Å². The average molecular weight is 550 g/mol. The van der Waals surface area contributed by atoms with E-state index in [0.717, 1.165) is 6.42 Å². The van der Waals surface area contributed by atoms with Crippen molar-refractivity contribution in [1.29, 1.82) is 5.26 Å². The number of alkyl halides is 2. The smallest absolute Gasteiger partial charge is 0.321 e. The molecule has 4 rings (SSSR count). The molecule has 0 aromatic carbocycles. The number of fused-ring (bicyclic) bond motifs is 5. The van der Waals surface area contributed by atoms with Gasteiger partial charge in [0.25, 0.3) is 5.91 Å². The summed E-state index contributed by atoms with van der Waals surface area (Å²) in [5.74, 6) is -6.72. The summed E-state index contributed by atoms with van der Waals surface area (Å²) in [4.78, 5) is 53.6. The molecular formula is C27H37F2N5O5. The van der Waals surface area contributed by atoms with Crippen molar-refractivity contribution in [2.45, 2.75) is 77.1 Å². The maximum Gasteiger partial charge on any atom is 0.321 e. The molecular weight excluding hydrogens is 512 g/mol. The Kier molecular flexibility index (Phi) is 8.03. The Hall–Kier alpha value is -3.07. The summed E-state index contributed by atoms with van der Waals surface area (Å²) in [6.07, 6.45) is 4.69. The number of rotatable bonds is 7. The van der Waals surface area contributed by atoms with E-state index in [1.807, 2.05) is 12.1 Å². The van der Waals surface area contributed by atoms with Crippen molar-refractivity contribution in [2.75, 3.05) is 19.7 Å². The SMILES string of the molecule is CC(F)(F)C(=O)N[C@H](C(=O)N1C[C@H]2[C@@H]([C@H]1C(=O)N[C@H](C#N)C[C@@H]1OCCCNC1=O)[C@H]1C=C[C@@H]2C1)C(C)(C)C. The minimum absolute atomic E-state index is 0.000129. The summed E-state index contributed by atoms with van der Waals surface area (Å²) in [5.41, 5.74) is -0.923. The van der Waals surface area contributed by atoms with Gasteiger partial charge < -0.3 is 25.6 Å². The molecule has 2 aliphatic carbocycles. The van der Waals surface area contributed by atoms with Gasteiger partial charge in [-0.2, -0.15) is 14.0 Å². The fourth-order valence-corrected chi connectivity index (χ4v) is 6.34. The van der Waals surface area contributed by atoms with Gasteiger partial charge in [-0.3, -0.25) is 19.2 Å². The van der Waals surface area contributed by atoms with Gasteiger partial charge in [0.2, 0.25) is 17.7 Å². The van der Waals surface area contributed by atoms with Crippen LogP contribution < -0.4 is 16.0 Å². The third kappa shape index (κ3) is 5.93. The summed E-state index contributed by atoms with van der Waals surface area (Å²) in [6, 6.07) is -1.28. The Morgan fingerprint density at radius 1 is 1.21 bits per heavy atom. The number of allylic oxidation sites excluding steroid dienone is 2. The standard InChI is InChI=1S/C27H37F2N5O5/c1-26(2,3)21(33-25(38)27(4,28)29)24(37)34-13-17-14-6-7-15(10-14)19(17)20(34)23(36)32-16(12-30)11-18-22(35)31-8-5-9-39-18/h6-7,14-21H,5,8-11,13H2,1-4H3,(H,31,35)(H,32,36)(H,33,38)/t14-,15+,16+,17-,18+,19+,20+,21-/m1/s1.